The molecule has 6 nitrogen and oxygen atoms in total. The number of hydrogen-bond acceptors (Lipinski definition) is 4. The molecule has 1 aliphatic heterocycles. The topological polar surface area (TPSA) is 75.7 Å². The van der Waals surface area contributed by atoms with E-state index in [1.165, 1.54) is 0 Å². The summed E-state index contributed by atoms with van der Waals surface area (Å²) in [6, 6.07) is 18.4. The predicted octanol–water partition coefficient (Wildman–Crippen LogP) is 4.55. The molecule has 162 valence electrons. The third-order valence-corrected chi connectivity index (χ3v) is 6.72. The van der Waals surface area contributed by atoms with Crippen LogP contribution in [0, 0.1) is 5.41 Å². The van der Waals surface area contributed by atoms with Crippen molar-refractivity contribution in [2.45, 2.75) is 26.5 Å². The third kappa shape index (κ3) is 4.23. The van der Waals surface area contributed by atoms with Gasteiger partial charge in [0.25, 0.3) is 0 Å². The van der Waals surface area contributed by atoms with Crippen molar-refractivity contribution in [1.82, 2.24) is 0 Å². The Morgan fingerprint density at radius 2 is 1.81 bits per heavy atom. The summed E-state index contributed by atoms with van der Waals surface area (Å²) in [4.78, 5) is 14.5. The van der Waals surface area contributed by atoms with Crippen molar-refractivity contribution in [2.24, 2.45) is 5.41 Å². The standard InChI is InChI=1S/C24H26N2O4S/c1-4-26-21-13-12-19(14-22(21)30-16-24(2,3)23(26)27)25-31(28,29)15-18-10-7-9-17-8-5-6-11-20(17)18/h5-14,25H,4,15-16H2,1-3H3. The van der Waals surface area contributed by atoms with Gasteiger partial charge in [-0.1, -0.05) is 42.5 Å². The van der Waals surface area contributed by atoms with Gasteiger partial charge in [0.15, 0.2) is 0 Å². The first-order chi connectivity index (χ1) is 14.7. The highest BCUT2D eigenvalue weighted by molar-refractivity contribution is 7.91. The van der Waals surface area contributed by atoms with Gasteiger partial charge in [0, 0.05) is 12.6 Å². The molecule has 0 atom stereocenters. The molecule has 0 saturated carbocycles. The van der Waals surface area contributed by atoms with Crippen LogP contribution in [-0.2, 0) is 20.6 Å². The number of ether oxygens (including phenoxy) is 1. The molecule has 1 amide bonds. The van der Waals surface area contributed by atoms with Gasteiger partial charge in [-0.05, 0) is 49.2 Å². The molecule has 31 heavy (non-hydrogen) atoms. The lowest BCUT2D eigenvalue weighted by Crippen LogP contribution is -2.42. The van der Waals surface area contributed by atoms with Crippen LogP contribution >= 0.6 is 0 Å². The average molecular weight is 439 g/mol. The molecule has 1 N–H and O–H groups in total. The Morgan fingerprint density at radius 3 is 2.58 bits per heavy atom. The van der Waals surface area contributed by atoms with E-state index < -0.39 is 15.4 Å². The van der Waals surface area contributed by atoms with Crippen molar-refractivity contribution in [1.29, 1.82) is 0 Å². The number of benzene rings is 3. The minimum Gasteiger partial charge on any atom is -0.490 e. The molecule has 1 heterocycles. The summed E-state index contributed by atoms with van der Waals surface area (Å²) < 4.78 is 34.4. The Morgan fingerprint density at radius 1 is 1.06 bits per heavy atom. The van der Waals surface area contributed by atoms with E-state index in [4.69, 9.17) is 4.74 Å². The Hall–Kier alpha value is -3.06. The van der Waals surface area contributed by atoms with Gasteiger partial charge < -0.3 is 9.64 Å². The van der Waals surface area contributed by atoms with E-state index in [1.54, 1.807) is 23.1 Å². The van der Waals surface area contributed by atoms with Gasteiger partial charge in [0.1, 0.15) is 12.4 Å². The molecule has 3 aromatic rings. The average Bonchev–Trinajstić information content (AvgIpc) is 2.82. The van der Waals surface area contributed by atoms with Crippen LogP contribution in [0.15, 0.2) is 60.7 Å². The molecule has 0 bridgehead atoms. The predicted molar refractivity (Wildman–Crippen MR) is 124 cm³/mol. The molecule has 0 saturated heterocycles. The van der Waals surface area contributed by atoms with Crippen molar-refractivity contribution in [2.75, 3.05) is 22.8 Å². The highest BCUT2D eigenvalue weighted by Crippen LogP contribution is 2.38. The normalized spacial score (nSPS) is 15.8. The molecular formula is C24H26N2O4S. The quantitative estimate of drug-likeness (QED) is 0.634. The van der Waals surface area contributed by atoms with E-state index in [0.717, 1.165) is 16.3 Å². The number of amides is 1. The summed E-state index contributed by atoms with van der Waals surface area (Å²) in [6.45, 7) is 6.32. The lowest BCUT2D eigenvalue weighted by molar-refractivity contribution is -0.127. The largest absolute Gasteiger partial charge is 0.490 e. The second-order valence-electron chi connectivity index (χ2n) is 8.40. The summed E-state index contributed by atoms with van der Waals surface area (Å²) in [7, 11) is -3.65. The number of anilines is 2. The monoisotopic (exact) mass is 438 g/mol. The van der Waals surface area contributed by atoms with Crippen molar-refractivity contribution in [3.05, 3.63) is 66.2 Å². The maximum absolute atomic E-state index is 12.9. The maximum Gasteiger partial charge on any atom is 0.236 e. The molecule has 0 radical (unpaired) electrons. The van der Waals surface area contributed by atoms with Gasteiger partial charge in [-0.25, -0.2) is 8.42 Å². The molecule has 3 aromatic carbocycles. The summed E-state index contributed by atoms with van der Waals surface area (Å²) >= 11 is 0. The second-order valence-corrected chi connectivity index (χ2v) is 10.1. The number of hydrogen-bond donors (Lipinski definition) is 1. The zero-order valence-corrected chi connectivity index (χ0v) is 18.7. The molecule has 0 fully saturated rings. The number of nitrogens with zero attached hydrogens (tertiary/aromatic N) is 1. The number of carbonyl (C=O) groups excluding carboxylic acids is 1. The zero-order chi connectivity index (χ0) is 22.2. The number of nitrogens with one attached hydrogen (secondary N) is 1. The maximum atomic E-state index is 12.9. The fraction of sp³-hybridized carbons (Fsp3) is 0.292. The van der Waals surface area contributed by atoms with Gasteiger partial charge in [0.05, 0.1) is 22.5 Å². The zero-order valence-electron chi connectivity index (χ0n) is 17.9. The van der Waals surface area contributed by atoms with E-state index in [9.17, 15) is 13.2 Å². The minimum atomic E-state index is -3.65. The van der Waals surface area contributed by atoms with Crippen LogP contribution in [-0.4, -0.2) is 27.5 Å². The van der Waals surface area contributed by atoms with Crippen LogP contribution in [0.25, 0.3) is 10.8 Å². The number of rotatable bonds is 5. The van der Waals surface area contributed by atoms with E-state index in [0.29, 0.717) is 23.7 Å². The summed E-state index contributed by atoms with van der Waals surface area (Å²) in [5.41, 5.74) is 1.13. The number of fused-ring (bicyclic) bond motifs is 2. The number of sulfonamides is 1. The molecule has 4 rings (SSSR count). The van der Waals surface area contributed by atoms with Gasteiger partial charge in [-0.2, -0.15) is 0 Å². The van der Waals surface area contributed by atoms with Gasteiger partial charge in [-0.15, -0.1) is 0 Å². The summed E-state index contributed by atoms with van der Waals surface area (Å²) in [5, 5.41) is 1.92. The summed E-state index contributed by atoms with van der Waals surface area (Å²) in [5.74, 6) is 0.336. The lowest BCUT2D eigenvalue weighted by Gasteiger charge is -2.26. The highest BCUT2D eigenvalue weighted by Gasteiger charge is 2.37. The summed E-state index contributed by atoms with van der Waals surface area (Å²) in [6.07, 6.45) is 0. The van der Waals surface area contributed by atoms with Crippen LogP contribution < -0.4 is 14.4 Å². The van der Waals surface area contributed by atoms with Crippen molar-refractivity contribution < 1.29 is 17.9 Å². The number of carbonyl (C=O) groups is 1. The fourth-order valence-electron chi connectivity index (χ4n) is 3.86. The van der Waals surface area contributed by atoms with Gasteiger partial charge in [0.2, 0.25) is 15.9 Å². The van der Waals surface area contributed by atoms with Crippen LogP contribution in [0.5, 0.6) is 5.75 Å². The smallest absolute Gasteiger partial charge is 0.236 e. The SMILES string of the molecule is CCN1C(=O)C(C)(C)COc2cc(NS(=O)(=O)Cc3cccc4ccccc34)ccc21. The highest BCUT2D eigenvalue weighted by atomic mass is 32.2. The molecule has 0 unspecified atom stereocenters. The van der Waals surface area contributed by atoms with E-state index >= 15 is 0 Å². The Balaban J connectivity index is 1.61. The van der Waals surface area contributed by atoms with Crippen LogP contribution in [0.1, 0.15) is 26.3 Å². The van der Waals surface area contributed by atoms with E-state index in [1.807, 2.05) is 63.2 Å². The molecular weight excluding hydrogens is 412 g/mol. The van der Waals surface area contributed by atoms with Crippen LogP contribution in [0.2, 0.25) is 0 Å². The lowest BCUT2D eigenvalue weighted by atomic mass is 9.93. The Bertz CT molecular complexity index is 1250. The third-order valence-electron chi connectivity index (χ3n) is 5.48. The Kier molecular flexibility index (Phi) is 5.39. The first-order valence-corrected chi connectivity index (χ1v) is 11.9. The van der Waals surface area contributed by atoms with Crippen LogP contribution in [0.3, 0.4) is 0 Å². The van der Waals surface area contributed by atoms with Gasteiger partial charge in [-0.3, -0.25) is 9.52 Å². The van der Waals surface area contributed by atoms with Crippen molar-refractivity contribution in [3.8, 4) is 5.75 Å². The molecule has 0 spiro atoms. The molecule has 0 aliphatic carbocycles. The van der Waals surface area contributed by atoms with Crippen LogP contribution in [0.4, 0.5) is 11.4 Å². The fourth-order valence-corrected chi connectivity index (χ4v) is 5.08. The molecule has 1 aliphatic rings. The van der Waals surface area contributed by atoms with E-state index in [-0.39, 0.29) is 18.3 Å². The molecule has 0 aromatic heterocycles. The minimum absolute atomic E-state index is 0.0157. The van der Waals surface area contributed by atoms with E-state index in [2.05, 4.69) is 4.72 Å². The van der Waals surface area contributed by atoms with Gasteiger partial charge >= 0.3 is 0 Å². The molecule has 7 heteroatoms. The first kappa shape index (κ1) is 21.2. The van der Waals surface area contributed by atoms with Crippen molar-refractivity contribution in [3.63, 3.8) is 0 Å². The second kappa shape index (κ2) is 7.89. The van der Waals surface area contributed by atoms with Crippen molar-refractivity contribution >= 4 is 38.1 Å². The Labute approximate surface area is 182 Å². The first-order valence-electron chi connectivity index (χ1n) is 10.3.